The molecular formula is C17H20N4. The van der Waals surface area contributed by atoms with E-state index in [1.807, 2.05) is 29.8 Å². The second-order valence-corrected chi connectivity index (χ2v) is 6.10. The van der Waals surface area contributed by atoms with Crippen LogP contribution in [0.2, 0.25) is 0 Å². The van der Waals surface area contributed by atoms with Crippen LogP contribution in [0.5, 0.6) is 0 Å². The number of nitriles is 1. The number of aromatic nitrogens is 2. The maximum atomic E-state index is 9.06. The van der Waals surface area contributed by atoms with Crippen molar-refractivity contribution in [3.05, 3.63) is 34.9 Å². The number of nitrogens with two attached hydrogens (primary N) is 1. The predicted molar refractivity (Wildman–Crippen MR) is 83.9 cm³/mol. The molecule has 0 spiro atoms. The van der Waals surface area contributed by atoms with Gasteiger partial charge in [0.1, 0.15) is 5.82 Å². The van der Waals surface area contributed by atoms with Crippen molar-refractivity contribution in [3.63, 3.8) is 0 Å². The van der Waals surface area contributed by atoms with Crippen molar-refractivity contribution in [2.45, 2.75) is 45.6 Å². The Bertz CT molecular complexity index is 730. The van der Waals surface area contributed by atoms with Crippen LogP contribution in [-0.4, -0.2) is 9.78 Å². The van der Waals surface area contributed by atoms with E-state index in [4.69, 9.17) is 16.1 Å². The van der Waals surface area contributed by atoms with E-state index in [9.17, 15) is 0 Å². The van der Waals surface area contributed by atoms with Crippen molar-refractivity contribution in [1.29, 1.82) is 5.26 Å². The molecular weight excluding hydrogens is 260 g/mol. The Hall–Kier alpha value is -2.28. The summed E-state index contributed by atoms with van der Waals surface area (Å²) in [7, 11) is 0. The SMILES string of the molecule is Cc1cc(-c2nn(C(C)C)c(N)c2C2CC2)ccc1C#N. The number of anilines is 1. The number of rotatable bonds is 3. The van der Waals surface area contributed by atoms with E-state index < -0.39 is 0 Å². The summed E-state index contributed by atoms with van der Waals surface area (Å²) in [6.07, 6.45) is 2.38. The first-order valence-corrected chi connectivity index (χ1v) is 7.42. The van der Waals surface area contributed by atoms with E-state index in [2.05, 4.69) is 19.9 Å². The molecule has 0 atom stereocenters. The van der Waals surface area contributed by atoms with Crippen molar-refractivity contribution in [1.82, 2.24) is 9.78 Å². The summed E-state index contributed by atoms with van der Waals surface area (Å²) in [5.74, 6) is 1.34. The fourth-order valence-electron chi connectivity index (χ4n) is 2.78. The van der Waals surface area contributed by atoms with Gasteiger partial charge in [-0.25, -0.2) is 4.68 Å². The normalized spacial score (nSPS) is 14.4. The summed E-state index contributed by atoms with van der Waals surface area (Å²) in [6, 6.07) is 8.34. The average Bonchev–Trinajstić information content (AvgIpc) is 3.21. The highest BCUT2D eigenvalue weighted by Crippen LogP contribution is 2.47. The Balaban J connectivity index is 2.16. The molecule has 0 unspecified atom stereocenters. The largest absolute Gasteiger partial charge is 0.384 e. The minimum Gasteiger partial charge on any atom is -0.384 e. The van der Waals surface area contributed by atoms with Crippen LogP contribution < -0.4 is 5.73 Å². The summed E-state index contributed by atoms with van der Waals surface area (Å²) in [6.45, 7) is 6.14. The monoisotopic (exact) mass is 280 g/mol. The van der Waals surface area contributed by atoms with Crippen LogP contribution in [0.15, 0.2) is 18.2 Å². The van der Waals surface area contributed by atoms with E-state index in [0.717, 1.165) is 22.6 Å². The molecule has 1 aromatic heterocycles. The second kappa shape index (κ2) is 4.92. The fourth-order valence-corrected chi connectivity index (χ4v) is 2.78. The van der Waals surface area contributed by atoms with Gasteiger partial charge in [-0.1, -0.05) is 6.07 Å². The molecule has 3 rings (SSSR count). The van der Waals surface area contributed by atoms with Gasteiger partial charge in [-0.3, -0.25) is 0 Å². The molecule has 21 heavy (non-hydrogen) atoms. The molecule has 1 aliphatic carbocycles. The second-order valence-electron chi connectivity index (χ2n) is 6.10. The summed E-state index contributed by atoms with van der Waals surface area (Å²) in [5.41, 5.74) is 11.2. The molecule has 1 aliphatic rings. The lowest BCUT2D eigenvalue weighted by Crippen LogP contribution is -2.07. The molecule has 108 valence electrons. The molecule has 4 nitrogen and oxygen atoms in total. The quantitative estimate of drug-likeness (QED) is 0.930. The molecule has 2 N–H and O–H groups in total. The van der Waals surface area contributed by atoms with E-state index >= 15 is 0 Å². The zero-order valence-electron chi connectivity index (χ0n) is 12.7. The van der Waals surface area contributed by atoms with Crippen LogP contribution in [0, 0.1) is 18.3 Å². The Kier molecular flexibility index (Phi) is 3.21. The smallest absolute Gasteiger partial charge is 0.126 e. The van der Waals surface area contributed by atoms with Crippen molar-refractivity contribution in [2.24, 2.45) is 0 Å². The third-order valence-electron chi connectivity index (χ3n) is 4.08. The first-order valence-electron chi connectivity index (χ1n) is 7.42. The predicted octanol–water partition coefficient (Wildman–Crippen LogP) is 3.77. The van der Waals surface area contributed by atoms with Gasteiger partial charge in [0, 0.05) is 17.2 Å². The average molecular weight is 280 g/mol. The molecule has 2 aromatic rings. The number of hydrogen-bond donors (Lipinski definition) is 1. The molecule has 1 saturated carbocycles. The van der Waals surface area contributed by atoms with Gasteiger partial charge in [-0.05, 0) is 57.2 Å². The van der Waals surface area contributed by atoms with Crippen LogP contribution in [0.3, 0.4) is 0 Å². The maximum absolute atomic E-state index is 9.06. The topological polar surface area (TPSA) is 67.6 Å². The Morgan fingerprint density at radius 3 is 2.62 bits per heavy atom. The van der Waals surface area contributed by atoms with E-state index in [-0.39, 0.29) is 6.04 Å². The van der Waals surface area contributed by atoms with Crippen molar-refractivity contribution in [3.8, 4) is 17.3 Å². The maximum Gasteiger partial charge on any atom is 0.126 e. The molecule has 0 bridgehead atoms. The highest BCUT2D eigenvalue weighted by Gasteiger charge is 2.32. The molecule has 0 saturated heterocycles. The lowest BCUT2D eigenvalue weighted by Gasteiger charge is -2.07. The van der Waals surface area contributed by atoms with Crippen LogP contribution in [0.4, 0.5) is 5.82 Å². The number of nitrogens with zero attached hydrogens (tertiary/aromatic N) is 3. The zero-order chi connectivity index (χ0) is 15.1. The highest BCUT2D eigenvalue weighted by molar-refractivity contribution is 5.71. The molecule has 4 heteroatoms. The van der Waals surface area contributed by atoms with Crippen LogP contribution in [-0.2, 0) is 0 Å². The third-order valence-corrected chi connectivity index (χ3v) is 4.08. The van der Waals surface area contributed by atoms with Gasteiger partial charge in [0.05, 0.1) is 17.3 Å². The Morgan fingerprint density at radius 2 is 2.10 bits per heavy atom. The minimum atomic E-state index is 0.246. The summed E-state index contributed by atoms with van der Waals surface area (Å²) in [5, 5.41) is 13.8. The molecule has 1 fully saturated rings. The lowest BCUT2D eigenvalue weighted by molar-refractivity contribution is 0.542. The number of benzene rings is 1. The number of aryl methyl sites for hydroxylation is 1. The van der Waals surface area contributed by atoms with Gasteiger partial charge >= 0.3 is 0 Å². The minimum absolute atomic E-state index is 0.246. The van der Waals surface area contributed by atoms with Gasteiger partial charge in [0.2, 0.25) is 0 Å². The van der Waals surface area contributed by atoms with E-state index in [0.29, 0.717) is 11.5 Å². The number of nitrogen functional groups attached to an aromatic ring is 1. The van der Waals surface area contributed by atoms with Gasteiger partial charge in [0.15, 0.2) is 0 Å². The van der Waals surface area contributed by atoms with Crippen LogP contribution in [0.25, 0.3) is 11.3 Å². The molecule has 0 amide bonds. The van der Waals surface area contributed by atoms with E-state index in [1.54, 1.807) is 0 Å². The van der Waals surface area contributed by atoms with Gasteiger partial charge in [-0.2, -0.15) is 10.4 Å². The fraction of sp³-hybridized carbons (Fsp3) is 0.412. The summed E-state index contributed by atoms with van der Waals surface area (Å²) in [4.78, 5) is 0. The lowest BCUT2D eigenvalue weighted by atomic mass is 10.00. The highest BCUT2D eigenvalue weighted by atomic mass is 15.3. The molecule has 1 aromatic carbocycles. The first-order chi connectivity index (χ1) is 10.0. The van der Waals surface area contributed by atoms with E-state index in [1.165, 1.54) is 18.4 Å². The third kappa shape index (κ3) is 2.29. The number of hydrogen-bond acceptors (Lipinski definition) is 3. The molecule has 1 heterocycles. The standard InChI is InChI=1S/C17H20N4/c1-10(2)21-17(19)15(12-4-5-12)16(20-21)13-6-7-14(9-18)11(3)8-13/h6-8,10,12H,4-5,19H2,1-3H3. The summed E-state index contributed by atoms with van der Waals surface area (Å²) < 4.78 is 1.91. The van der Waals surface area contributed by atoms with Crippen molar-refractivity contribution in [2.75, 3.05) is 5.73 Å². The van der Waals surface area contributed by atoms with Gasteiger partial charge < -0.3 is 5.73 Å². The van der Waals surface area contributed by atoms with Crippen molar-refractivity contribution < 1.29 is 0 Å². The molecule has 0 radical (unpaired) electrons. The Labute approximate surface area is 125 Å². The summed E-state index contributed by atoms with van der Waals surface area (Å²) >= 11 is 0. The Morgan fingerprint density at radius 1 is 1.38 bits per heavy atom. The molecule has 0 aliphatic heterocycles. The van der Waals surface area contributed by atoms with Gasteiger partial charge in [-0.15, -0.1) is 0 Å². The van der Waals surface area contributed by atoms with Crippen LogP contribution >= 0.6 is 0 Å². The van der Waals surface area contributed by atoms with Gasteiger partial charge in [0.25, 0.3) is 0 Å². The van der Waals surface area contributed by atoms with Crippen molar-refractivity contribution >= 4 is 5.82 Å². The zero-order valence-corrected chi connectivity index (χ0v) is 12.7. The van der Waals surface area contributed by atoms with Crippen LogP contribution in [0.1, 0.15) is 55.3 Å². The first kappa shape index (κ1) is 13.7.